The van der Waals surface area contributed by atoms with E-state index in [1.165, 1.54) is 14.2 Å². The van der Waals surface area contributed by atoms with Gasteiger partial charge in [0, 0.05) is 17.5 Å². The SMILES string of the molecule is COc1cc(OC)c(NC(=O)Cc2nc3nc(C)cc(C)n3n2)cc1Cl. The number of anilines is 1. The zero-order valence-electron chi connectivity index (χ0n) is 14.8. The zero-order valence-corrected chi connectivity index (χ0v) is 15.6. The molecule has 0 atom stereocenters. The van der Waals surface area contributed by atoms with Crippen molar-refractivity contribution < 1.29 is 14.3 Å². The Bertz CT molecular complexity index is 986. The number of nitrogens with zero attached hydrogens (tertiary/aromatic N) is 4. The minimum absolute atomic E-state index is 0.00531. The highest BCUT2D eigenvalue weighted by atomic mass is 35.5. The first-order valence-electron chi connectivity index (χ1n) is 7.82. The first-order chi connectivity index (χ1) is 12.4. The third-order valence-electron chi connectivity index (χ3n) is 3.73. The summed E-state index contributed by atoms with van der Waals surface area (Å²) in [6.07, 6.45) is -0.00531. The molecule has 0 aliphatic carbocycles. The Labute approximate surface area is 155 Å². The number of ether oxygens (including phenoxy) is 2. The van der Waals surface area contributed by atoms with E-state index in [9.17, 15) is 4.79 Å². The van der Waals surface area contributed by atoms with Crippen LogP contribution in [0, 0.1) is 13.8 Å². The van der Waals surface area contributed by atoms with Crippen molar-refractivity contribution in [1.82, 2.24) is 19.6 Å². The number of benzene rings is 1. The summed E-state index contributed by atoms with van der Waals surface area (Å²) in [5.41, 5.74) is 2.18. The average molecular weight is 376 g/mol. The van der Waals surface area contributed by atoms with Crippen LogP contribution in [0.1, 0.15) is 17.2 Å². The zero-order chi connectivity index (χ0) is 18.8. The van der Waals surface area contributed by atoms with Crippen molar-refractivity contribution in [3.05, 3.63) is 40.4 Å². The van der Waals surface area contributed by atoms with Crippen LogP contribution in [0.3, 0.4) is 0 Å². The fourth-order valence-electron chi connectivity index (χ4n) is 2.58. The number of carbonyl (C=O) groups excluding carboxylic acids is 1. The third kappa shape index (κ3) is 3.55. The van der Waals surface area contributed by atoms with Gasteiger partial charge in [0.05, 0.1) is 31.4 Å². The van der Waals surface area contributed by atoms with Gasteiger partial charge in [-0.1, -0.05) is 11.6 Å². The number of methoxy groups -OCH3 is 2. The molecule has 0 unspecified atom stereocenters. The van der Waals surface area contributed by atoms with E-state index in [2.05, 4.69) is 20.4 Å². The van der Waals surface area contributed by atoms with Crippen molar-refractivity contribution in [2.24, 2.45) is 0 Å². The summed E-state index contributed by atoms with van der Waals surface area (Å²) in [6, 6.07) is 5.08. The molecule has 2 heterocycles. The van der Waals surface area contributed by atoms with Gasteiger partial charge in [-0.05, 0) is 26.0 Å². The Balaban J connectivity index is 1.81. The van der Waals surface area contributed by atoms with Gasteiger partial charge in [-0.2, -0.15) is 4.98 Å². The van der Waals surface area contributed by atoms with Gasteiger partial charge in [0.2, 0.25) is 5.91 Å². The molecule has 0 fully saturated rings. The predicted molar refractivity (Wildman–Crippen MR) is 97.1 cm³/mol. The lowest BCUT2D eigenvalue weighted by molar-refractivity contribution is -0.115. The molecule has 136 valence electrons. The molecule has 1 N–H and O–H groups in total. The van der Waals surface area contributed by atoms with Crippen molar-refractivity contribution >= 4 is 29.0 Å². The molecular weight excluding hydrogens is 358 g/mol. The van der Waals surface area contributed by atoms with Crippen molar-refractivity contribution in [2.45, 2.75) is 20.3 Å². The van der Waals surface area contributed by atoms with Gasteiger partial charge in [-0.3, -0.25) is 4.79 Å². The predicted octanol–water partition coefficient (Wildman–Crippen LogP) is 2.59. The summed E-state index contributed by atoms with van der Waals surface area (Å²) in [6.45, 7) is 3.79. The van der Waals surface area contributed by atoms with Crippen molar-refractivity contribution in [1.29, 1.82) is 0 Å². The molecule has 9 heteroatoms. The van der Waals surface area contributed by atoms with Crippen LogP contribution in [0.5, 0.6) is 11.5 Å². The smallest absolute Gasteiger partial charge is 0.252 e. The molecular formula is C17H18ClN5O3. The van der Waals surface area contributed by atoms with E-state index in [-0.39, 0.29) is 12.3 Å². The van der Waals surface area contributed by atoms with Gasteiger partial charge in [0.1, 0.15) is 11.5 Å². The molecule has 0 spiro atoms. The number of amides is 1. The van der Waals surface area contributed by atoms with Gasteiger partial charge in [-0.15, -0.1) is 5.10 Å². The topological polar surface area (TPSA) is 90.6 Å². The molecule has 26 heavy (non-hydrogen) atoms. The summed E-state index contributed by atoms with van der Waals surface area (Å²) in [5.74, 6) is 1.45. The highest BCUT2D eigenvalue weighted by Gasteiger charge is 2.15. The highest BCUT2D eigenvalue weighted by Crippen LogP contribution is 2.35. The Morgan fingerprint density at radius 2 is 1.88 bits per heavy atom. The van der Waals surface area contributed by atoms with E-state index >= 15 is 0 Å². The average Bonchev–Trinajstić information content (AvgIpc) is 2.97. The van der Waals surface area contributed by atoms with E-state index in [4.69, 9.17) is 21.1 Å². The van der Waals surface area contributed by atoms with E-state index in [0.29, 0.717) is 33.8 Å². The second-order valence-electron chi connectivity index (χ2n) is 5.69. The number of rotatable bonds is 5. The molecule has 1 amide bonds. The molecule has 0 aliphatic heterocycles. The Morgan fingerprint density at radius 3 is 2.58 bits per heavy atom. The van der Waals surface area contributed by atoms with Crippen LogP contribution in [0.4, 0.5) is 5.69 Å². The third-order valence-corrected chi connectivity index (χ3v) is 4.02. The molecule has 0 saturated heterocycles. The van der Waals surface area contributed by atoms with Crippen LogP contribution < -0.4 is 14.8 Å². The first-order valence-corrected chi connectivity index (χ1v) is 8.20. The quantitative estimate of drug-likeness (QED) is 0.737. The van der Waals surface area contributed by atoms with E-state index in [1.54, 1.807) is 16.6 Å². The maximum Gasteiger partial charge on any atom is 0.252 e. The minimum Gasteiger partial charge on any atom is -0.495 e. The molecule has 3 aromatic rings. The molecule has 0 saturated carbocycles. The van der Waals surface area contributed by atoms with Gasteiger partial charge in [0.25, 0.3) is 5.78 Å². The summed E-state index contributed by atoms with van der Waals surface area (Å²) in [4.78, 5) is 21.0. The fraction of sp³-hybridized carbons (Fsp3) is 0.294. The fourth-order valence-corrected chi connectivity index (χ4v) is 2.82. The maximum absolute atomic E-state index is 12.4. The molecule has 1 aromatic carbocycles. The number of nitrogens with one attached hydrogen (secondary N) is 1. The number of hydrogen-bond acceptors (Lipinski definition) is 6. The van der Waals surface area contributed by atoms with Gasteiger partial charge in [-0.25, -0.2) is 9.50 Å². The Hall–Kier alpha value is -2.87. The summed E-state index contributed by atoms with van der Waals surface area (Å²) >= 11 is 6.12. The summed E-state index contributed by atoms with van der Waals surface area (Å²) in [7, 11) is 3.00. The van der Waals surface area contributed by atoms with E-state index < -0.39 is 0 Å². The maximum atomic E-state index is 12.4. The second-order valence-corrected chi connectivity index (χ2v) is 6.10. The van der Waals surface area contributed by atoms with Crippen molar-refractivity contribution in [3.63, 3.8) is 0 Å². The lowest BCUT2D eigenvalue weighted by Gasteiger charge is -2.12. The first kappa shape index (κ1) is 17.9. The highest BCUT2D eigenvalue weighted by molar-refractivity contribution is 6.32. The van der Waals surface area contributed by atoms with Crippen molar-refractivity contribution in [3.8, 4) is 11.5 Å². The number of carbonyl (C=O) groups is 1. The van der Waals surface area contributed by atoms with Crippen LogP contribution in [-0.4, -0.2) is 39.7 Å². The minimum atomic E-state index is -0.296. The van der Waals surface area contributed by atoms with Gasteiger partial charge >= 0.3 is 0 Å². The van der Waals surface area contributed by atoms with Gasteiger partial charge in [0.15, 0.2) is 5.82 Å². The van der Waals surface area contributed by atoms with Gasteiger partial charge < -0.3 is 14.8 Å². The van der Waals surface area contributed by atoms with E-state index in [1.807, 2.05) is 19.9 Å². The summed E-state index contributed by atoms with van der Waals surface area (Å²) in [5, 5.41) is 7.45. The molecule has 8 nitrogen and oxygen atoms in total. The van der Waals surface area contributed by atoms with Crippen LogP contribution in [0.2, 0.25) is 5.02 Å². The Morgan fingerprint density at radius 1 is 1.15 bits per heavy atom. The number of aryl methyl sites for hydroxylation is 2. The largest absolute Gasteiger partial charge is 0.495 e. The molecule has 0 bridgehead atoms. The van der Waals surface area contributed by atoms with Crippen LogP contribution in [0.15, 0.2) is 18.2 Å². The second kappa shape index (κ2) is 7.17. The summed E-state index contributed by atoms with van der Waals surface area (Å²) < 4.78 is 12.0. The molecule has 0 radical (unpaired) electrons. The lowest BCUT2D eigenvalue weighted by atomic mass is 10.2. The number of halogens is 1. The number of aromatic nitrogens is 4. The number of fused-ring (bicyclic) bond motifs is 1. The van der Waals surface area contributed by atoms with Crippen LogP contribution in [0.25, 0.3) is 5.78 Å². The Kier molecular flexibility index (Phi) is 4.94. The molecule has 3 rings (SSSR count). The standard InChI is InChI=1S/C17H18ClN5O3/c1-9-5-10(2)23-17(19-9)21-15(22-23)8-16(24)20-12-6-11(18)13(25-3)7-14(12)26-4/h5-7H,8H2,1-4H3,(H,20,24). The van der Waals surface area contributed by atoms with Crippen molar-refractivity contribution in [2.75, 3.05) is 19.5 Å². The lowest BCUT2D eigenvalue weighted by Crippen LogP contribution is -2.16. The number of hydrogen-bond donors (Lipinski definition) is 1. The normalized spacial score (nSPS) is 10.8. The van der Waals surface area contributed by atoms with E-state index in [0.717, 1.165) is 11.4 Å². The molecule has 2 aromatic heterocycles. The van der Waals surface area contributed by atoms with Crippen LogP contribution >= 0.6 is 11.6 Å². The molecule has 0 aliphatic rings. The monoisotopic (exact) mass is 375 g/mol. The van der Waals surface area contributed by atoms with Crippen LogP contribution in [-0.2, 0) is 11.2 Å².